The molecule has 2 rings (SSSR count). The number of hydrogen-bond acceptors (Lipinski definition) is 3. The highest BCUT2D eigenvalue weighted by Gasteiger charge is 2.20. The second-order valence-electron chi connectivity index (χ2n) is 5.11. The Morgan fingerprint density at radius 3 is 2.76 bits per heavy atom. The van der Waals surface area contributed by atoms with Crippen molar-refractivity contribution in [2.45, 2.75) is 39.8 Å². The van der Waals surface area contributed by atoms with Crippen LogP contribution in [0.5, 0.6) is 0 Å². The molecule has 2 aromatic rings. The molecule has 0 aliphatic rings. The molecule has 0 aliphatic carbocycles. The van der Waals surface area contributed by atoms with E-state index >= 15 is 0 Å². The first-order valence-electron chi connectivity index (χ1n) is 6.91. The number of rotatable bonds is 5. The zero-order chi connectivity index (χ0) is 15.6. The molecular formula is C15H20BrFN4. The summed E-state index contributed by atoms with van der Waals surface area (Å²) < 4.78 is 16.9. The van der Waals surface area contributed by atoms with Gasteiger partial charge < -0.3 is 0 Å². The van der Waals surface area contributed by atoms with Gasteiger partial charge >= 0.3 is 0 Å². The van der Waals surface area contributed by atoms with E-state index in [4.69, 9.17) is 5.84 Å². The Morgan fingerprint density at radius 1 is 1.43 bits per heavy atom. The van der Waals surface area contributed by atoms with Gasteiger partial charge in [-0.25, -0.2) is 4.39 Å². The minimum atomic E-state index is -0.303. The maximum Gasteiger partial charge on any atom is 0.128 e. The van der Waals surface area contributed by atoms with Crippen molar-refractivity contribution in [3.8, 4) is 0 Å². The Kier molecular flexibility index (Phi) is 5.13. The molecule has 1 atom stereocenters. The number of hydrogen-bond donors (Lipinski definition) is 2. The minimum Gasteiger partial charge on any atom is -0.271 e. The van der Waals surface area contributed by atoms with Gasteiger partial charge in [0.1, 0.15) is 5.82 Å². The Balaban J connectivity index is 2.38. The minimum absolute atomic E-state index is 0.251. The SMILES string of the molecule is CCn1nc(C)c(Br)c1CC(NN)c1cc(C)ccc1F. The number of nitrogens with two attached hydrogens (primary N) is 1. The fourth-order valence-electron chi connectivity index (χ4n) is 2.45. The number of benzene rings is 1. The Hall–Kier alpha value is -1.24. The highest BCUT2D eigenvalue weighted by molar-refractivity contribution is 9.10. The van der Waals surface area contributed by atoms with Crippen molar-refractivity contribution in [3.05, 3.63) is 51.0 Å². The van der Waals surface area contributed by atoms with E-state index in [0.29, 0.717) is 12.0 Å². The third-order valence-electron chi connectivity index (χ3n) is 3.58. The van der Waals surface area contributed by atoms with Crippen molar-refractivity contribution in [2.24, 2.45) is 5.84 Å². The van der Waals surface area contributed by atoms with E-state index < -0.39 is 0 Å². The molecule has 114 valence electrons. The monoisotopic (exact) mass is 354 g/mol. The maximum atomic E-state index is 14.1. The Bertz CT molecular complexity index is 639. The predicted molar refractivity (Wildman–Crippen MR) is 85.2 cm³/mol. The molecule has 0 saturated carbocycles. The largest absolute Gasteiger partial charge is 0.271 e. The summed E-state index contributed by atoms with van der Waals surface area (Å²) >= 11 is 3.56. The van der Waals surface area contributed by atoms with Crippen LogP contribution in [0.2, 0.25) is 0 Å². The van der Waals surface area contributed by atoms with Crippen LogP contribution in [0, 0.1) is 19.7 Å². The summed E-state index contributed by atoms with van der Waals surface area (Å²) in [7, 11) is 0. The fraction of sp³-hybridized carbons (Fsp3) is 0.400. The average Bonchev–Trinajstić information content (AvgIpc) is 2.74. The van der Waals surface area contributed by atoms with Gasteiger partial charge in [0, 0.05) is 18.5 Å². The van der Waals surface area contributed by atoms with Crippen LogP contribution in [0.4, 0.5) is 4.39 Å². The standard InChI is InChI=1S/C15H20BrFN4/c1-4-21-14(15(16)10(3)20-21)8-13(19-18)11-7-9(2)5-6-12(11)17/h5-7,13,19H,4,8,18H2,1-3H3. The number of halogens is 2. The van der Waals surface area contributed by atoms with E-state index in [2.05, 4.69) is 26.5 Å². The zero-order valence-electron chi connectivity index (χ0n) is 12.5. The lowest BCUT2D eigenvalue weighted by atomic mass is 10.00. The van der Waals surface area contributed by atoms with Crippen molar-refractivity contribution in [1.29, 1.82) is 0 Å². The van der Waals surface area contributed by atoms with E-state index in [9.17, 15) is 4.39 Å². The first kappa shape index (κ1) is 16.1. The highest BCUT2D eigenvalue weighted by Crippen LogP contribution is 2.27. The van der Waals surface area contributed by atoms with Crippen molar-refractivity contribution >= 4 is 15.9 Å². The summed E-state index contributed by atoms with van der Waals surface area (Å²) in [6.07, 6.45) is 0.562. The number of nitrogens with zero attached hydrogens (tertiary/aromatic N) is 2. The second kappa shape index (κ2) is 6.68. The second-order valence-corrected chi connectivity index (χ2v) is 5.90. The normalized spacial score (nSPS) is 12.7. The van der Waals surface area contributed by atoms with Gasteiger partial charge in [-0.3, -0.25) is 16.0 Å². The number of hydrazine groups is 1. The van der Waals surface area contributed by atoms with Crippen molar-refractivity contribution in [3.63, 3.8) is 0 Å². The first-order chi connectivity index (χ1) is 9.97. The third-order valence-corrected chi connectivity index (χ3v) is 4.61. The molecule has 3 N–H and O–H groups in total. The molecule has 1 aromatic carbocycles. The summed E-state index contributed by atoms with van der Waals surface area (Å²) in [4.78, 5) is 0. The molecule has 0 radical (unpaired) electrons. The van der Waals surface area contributed by atoms with Crippen molar-refractivity contribution in [2.75, 3.05) is 0 Å². The molecule has 6 heteroatoms. The van der Waals surface area contributed by atoms with Crippen LogP contribution in [-0.2, 0) is 13.0 Å². The van der Waals surface area contributed by atoms with Gasteiger partial charge in [-0.05, 0) is 42.8 Å². The van der Waals surface area contributed by atoms with Crippen LogP contribution in [0.1, 0.15) is 35.5 Å². The van der Waals surface area contributed by atoms with Gasteiger partial charge in [-0.15, -0.1) is 0 Å². The summed E-state index contributed by atoms with van der Waals surface area (Å²) in [6.45, 7) is 6.67. The summed E-state index contributed by atoms with van der Waals surface area (Å²) in [5.41, 5.74) is 6.24. The zero-order valence-corrected chi connectivity index (χ0v) is 14.0. The molecule has 1 aromatic heterocycles. The molecule has 0 fully saturated rings. The average molecular weight is 355 g/mol. The van der Waals surface area contributed by atoms with Crippen LogP contribution >= 0.6 is 15.9 Å². The Morgan fingerprint density at radius 2 is 2.14 bits per heavy atom. The molecule has 0 spiro atoms. The number of aromatic nitrogens is 2. The van der Waals surface area contributed by atoms with Gasteiger partial charge in [0.15, 0.2) is 0 Å². The van der Waals surface area contributed by atoms with Crippen LogP contribution < -0.4 is 11.3 Å². The quantitative estimate of drug-likeness (QED) is 0.640. The molecule has 0 aliphatic heterocycles. The summed E-state index contributed by atoms with van der Waals surface area (Å²) in [5.74, 6) is 5.41. The topological polar surface area (TPSA) is 55.9 Å². The maximum absolute atomic E-state index is 14.1. The van der Waals surface area contributed by atoms with Gasteiger partial charge in [-0.1, -0.05) is 17.7 Å². The highest BCUT2D eigenvalue weighted by atomic mass is 79.9. The van der Waals surface area contributed by atoms with Crippen molar-refractivity contribution < 1.29 is 4.39 Å². The lowest BCUT2D eigenvalue weighted by Crippen LogP contribution is -2.31. The lowest BCUT2D eigenvalue weighted by Gasteiger charge is -2.18. The van der Waals surface area contributed by atoms with Gasteiger partial charge in [-0.2, -0.15) is 5.10 Å². The van der Waals surface area contributed by atoms with E-state index in [1.54, 1.807) is 6.07 Å². The van der Waals surface area contributed by atoms with Crippen LogP contribution in [0.15, 0.2) is 22.7 Å². The van der Waals surface area contributed by atoms with Gasteiger partial charge in [0.05, 0.1) is 21.9 Å². The Labute approximate surface area is 132 Å². The van der Waals surface area contributed by atoms with E-state index in [-0.39, 0.29) is 11.9 Å². The fourth-order valence-corrected chi connectivity index (χ4v) is 2.89. The molecule has 0 saturated heterocycles. The van der Waals surface area contributed by atoms with Crippen LogP contribution in [0.25, 0.3) is 0 Å². The predicted octanol–water partition coefficient (Wildman–Crippen LogP) is 3.17. The van der Waals surface area contributed by atoms with E-state index in [0.717, 1.165) is 28.0 Å². The molecule has 0 bridgehead atoms. The molecule has 1 heterocycles. The van der Waals surface area contributed by atoms with Gasteiger partial charge in [0.2, 0.25) is 0 Å². The molecule has 0 amide bonds. The smallest absolute Gasteiger partial charge is 0.128 e. The van der Waals surface area contributed by atoms with Gasteiger partial charge in [0.25, 0.3) is 0 Å². The molecule has 1 unspecified atom stereocenters. The molecule has 21 heavy (non-hydrogen) atoms. The number of nitrogens with one attached hydrogen (secondary N) is 1. The molecular weight excluding hydrogens is 335 g/mol. The number of aryl methyl sites for hydroxylation is 3. The summed E-state index contributed by atoms with van der Waals surface area (Å²) in [6, 6.07) is 4.75. The molecule has 4 nitrogen and oxygen atoms in total. The van der Waals surface area contributed by atoms with E-state index in [1.807, 2.05) is 31.5 Å². The third kappa shape index (κ3) is 3.33. The van der Waals surface area contributed by atoms with Crippen LogP contribution in [-0.4, -0.2) is 9.78 Å². The summed E-state index contributed by atoms with van der Waals surface area (Å²) in [5, 5.41) is 4.46. The van der Waals surface area contributed by atoms with E-state index in [1.165, 1.54) is 6.07 Å². The lowest BCUT2D eigenvalue weighted by molar-refractivity contribution is 0.489. The first-order valence-corrected chi connectivity index (χ1v) is 7.71. The van der Waals surface area contributed by atoms with Crippen LogP contribution in [0.3, 0.4) is 0 Å². The van der Waals surface area contributed by atoms with Crippen molar-refractivity contribution in [1.82, 2.24) is 15.2 Å².